The van der Waals surface area contributed by atoms with Crippen LogP contribution in [0, 0.1) is 0 Å². The van der Waals surface area contributed by atoms with Crippen LogP contribution >= 0.6 is 15.9 Å². The summed E-state index contributed by atoms with van der Waals surface area (Å²) in [5, 5.41) is 3.90. The maximum atomic E-state index is 5.97. The van der Waals surface area contributed by atoms with E-state index in [9.17, 15) is 0 Å². The van der Waals surface area contributed by atoms with Gasteiger partial charge in [0.05, 0.1) is 17.4 Å². The highest BCUT2D eigenvalue weighted by Gasteiger charge is 2.21. The number of nitrogens with zero attached hydrogens (tertiary/aromatic N) is 1. The molecular weight excluding hydrogens is 320 g/mol. The molecule has 20 heavy (non-hydrogen) atoms. The minimum absolute atomic E-state index is 0.376. The molecule has 2 N–H and O–H groups in total. The van der Waals surface area contributed by atoms with Crippen LogP contribution in [0.2, 0.25) is 0 Å². The largest absolute Gasteiger partial charge is 0.469 e. The van der Waals surface area contributed by atoms with E-state index in [2.05, 4.69) is 21.1 Å². The Morgan fingerprint density at radius 2 is 2.15 bits per heavy atom. The lowest BCUT2D eigenvalue weighted by Crippen LogP contribution is -1.89. The molecule has 0 atom stereocenters. The molecule has 0 bridgehead atoms. The van der Waals surface area contributed by atoms with Gasteiger partial charge in [-0.1, -0.05) is 40.1 Å². The minimum Gasteiger partial charge on any atom is -0.469 e. The number of nitrogen functional groups attached to an aromatic ring is 1. The molecule has 0 saturated carbocycles. The van der Waals surface area contributed by atoms with E-state index < -0.39 is 0 Å². The van der Waals surface area contributed by atoms with Crippen molar-refractivity contribution in [1.82, 2.24) is 5.16 Å². The lowest BCUT2D eigenvalue weighted by Gasteiger charge is -2.03. The number of benzene rings is 1. The van der Waals surface area contributed by atoms with Crippen molar-refractivity contribution in [2.75, 3.05) is 5.73 Å². The van der Waals surface area contributed by atoms with E-state index in [0.717, 1.165) is 33.3 Å². The zero-order valence-corrected chi connectivity index (χ0v) is 12.5. The molecule has 0 aliphatic carbocycles. The first-order chi connectivity index (χ1) is 9.70. The van der Waals surface area contributed by atoms with Crippen molar-refractivity contribution in [2.24, 2.45) is 0 Å². The SMILES string of the molecule is CCc1occc1-c1onc(N)c1-c1cccc(Br)c1. The molecule has 0 aliphatic heterocycles. The number of furan rings is 1. The fourth-order valence-electron chi connectivity index (χ4n) is 2.23. The number of aromatic nitrogens is 1. The molecule has 3 aromatic rings. The van der Waals surface area contributed by atoms with Gasteiger partial charge in [0.25, 0.3) is 0 Å². The number of hydrogen-bond acceptors (Lipinski definition) is 4. The van der Waals surface area contributed by atoms with E-state index >= 15 is 0 Å². The second-order valence-corrected chi connectivity index (χ2v) is 5.31. The van der Waals surface area contributed by atoms with E-state index in [1.165, 1.54) is 0 Å². The van der Waals surface area contributed by atoms with Gasteiger partial charge in [-0.3, -0.25) is 0 Å². The molecule has 4 nitrogen and oxygen atoms in total. The lowest BCUT2D eigenvalue weighted by atomic mass is 10.0. The van der Waals surface area contributed by atoms with Crippen LogP contribution < -0.4 is 5.73 Å². The topological polar surface area (TPSA) is 65.2 Å². The van der Waals surface area contributed by atoms with E-state index in [4.69, 9.17) is 14.7 Å². The second kappa shape index (κ2) is 5.17. The van der Waals surface area contributed by atoms with Crippen molar-refractivity contribution >= 4 is 21.7 Å². The highest BCUT2D eigenvalue weighted by Crippen LogP contribution is 2.39. The molecule has 1 aromatic carbocycles. The third-order valence-corrected chi connectivity index (χ3v) is 3.64. The molecule has 0 aliphatic rings. The number of rotatable bonds is 3. The Hall–Kier alpha value is -2.01. The number of nitrogens with two attached hydrogens (primary N) is 1. The van der Waals surface area contributed by atoms with Crippen LogP contribution in [-0.2, 0) is 6.42 Å². The van der Waals surface area contributed by atoms with Crippen molar-refractivity contribution in [3.63, 3.8) is 0 Å². The van der Waals surface area contributed by atoms with Crippen LogP contribution in [0.5, 0.6) is 0 Å². The minimum atomic E-state index is 0.376. The fraction of sp³-hybridized carbons (Fsp3) is 0.133. The molecule has 2 aromatic heterocycles. The average Bonchev–Trinajstić information content (AvgIpc) is 3.04. The van der Waals surface area contributed by atoms with Gasteiger partial charge in [0.1, 0.15) is 5.76 Å². The van der Waals surface area contributed by atoms with Gasteiger partial charge in [0.15, 0.2) is 11.6 Å². The summed E-state index contributed by atoms with van der Waals surface area (Å²) in [6.07, 6.45) is 2.43. The molecular formula is C15H13BrN2O2. The first kappa shape index (κ1) is 13.0. The Balaban J connectivity index is 2.20. The predicted molar refractivity (Wildman–Crippen MR) is 81.1 cm³/mol. The molecule has 3 rings (SSSR count). The summed E-state index contributed by atoms with van der Waals surface area (Å²) in [6, 6.07) is 9.75. The fourth-order valence-corrected chi connectivity index (χ4v) is 2.63. The zero-order chi connectivity index (χ0) is 14.1. The summed E-state index contributed by atoms with van der Waals surface area (Å²) in [6.45, 7) is 2.03. The van der Waals surface area contributed by atoms with Gasteiger partial charge in [-0.25, -0.2) is 0 Å². The van der Waals surface area contributed by atoms with Crippen molar-refractivity contribution in [3.8, 4) is 22.5 Å². The first-order valence-electron chi connectivity index (χ1n) is 6.28. The van der Waals surface area contributed by atoms with Crippen LogP contribution in [-0.4, -0.2) is 5.16 Å². The van der Waals surface area contributed by atoms with Gasteiger partial charge in [-0.2, -0.15) is 0 Å². The summed E-state index contributed by atoms with van der Waals surface area (Å²) in [7, 11) is 0. The van der Waals surface area contributed by atoms with E-state index in [-0.39, 0.29) is 0 Å². The zero-order valence-electron chi connectivity index (χ0n) is 10.9. The van der Waals surface area contributed by atoms with Crippen molar-refractivity contribution < 1.29 is 8.94 Å². The normalized spacial score (nSPS) is 10.9. The molecule has 0 spiro atoms. The van der Waals surface area contributed by atoms with Gasteiger partial charge >= 0.3 is 0 Å². The summed E-state index contributed by atoms with van der Waals surface area (Å²) in [5.41, 5.74) is 8.61. The monoisotopic (exact) mass is 332 g/mol. The summed E-state index contributed by atoms with van der Waals surface area (Å²) in [5.74, 6) is 1.88. The molecule has 0 unspecified atom stereocenters. The summed E-state index contributed by atoms with van der Waals surface area (Å²) >= 11 is 3.46. The highest BCUT2D eigenvalue weighted by atomic mass is 79.9. The average molecular weight is 333 g/mol. The summed E-state index contributed by atoms with van der Waals surface area (Å²) in [4.78, 5) is 0. The van der Waals surface area contributed by atoms with Crippen LogP contribution in [0.25, 0.3) is 22.5 Å². The Bertz CT molecular complexity index is 746. The van der Waals surface area contributed by atoms with Gasteiger partial charge in [0, 0.05) is 10.9 Å². The third kappa shape index (κ3) is 2.14. The van der Waals surface area contributed by atoms with Crippen molar-refractivity contribution in [3.05, 3.63) is 46.8 Å². The van der Waals surface area contributed by atoms with Gasteiger partial charge in [0.2, 0.25) is 0 Å². The number of aryl methyl sites for hydroxylation is 1. The highest BCUT2D eigenvalue weighted by molar-refractivity contribution is 9.10. The number of hydrogen-bond donors (Lipinski definition) is 1. The smallest absolute Gasteiger partial charge is 0.180 e. The first-order valence-corrected chi connectivity index (χ1v) is 7.07. The van der Waals surface area contributed by atoms with Gasteiger partial charge in [-0.15, -0.1) is 0 Å². The van der Waals surface area contributed by atoms with E-state index in [0.29, 0.717) is 11.6 Å². The maximum Gasteiger partial charge on any atom is 0.180 e. The van der Waals surface area contributed by atoms with Gasteiger partial charge < -0.3 is 14.7 Å². The molecule has 0 fully saturated rings. The van der Waals surface area contributed by atoms with Crippen LogP contribution in [0.3, 0.4) is 0 Å². The van der Waals surface area contributed by atoms with Crippen LogP contribution in [0.1, 0.15) is 12.7 Å². The molecule has 5 heteroatoms. The number of anilines is 1. The maximum absolute atomic E-state index is 5.97. The van der Waals surface area contributed by atoms with Crippen molar-refractivity contribution in [1.29, 1.82) is 0 Å². The predicted octanol–water partition coefficient (Wildman–Crippen LogP) is 4.51. The number of halogens is 1. The lowest BCUT2D eigenvalue weighted by molar-refractivity contribution is 0.433. The third-order valence-electron chi connectivity index (χ3n) is 3.14. The van der Waals surface area contributed by atoms with Gasteiger partial charge in [-0.05, 0) is 23.8 Å². The molecule has 2 heterocycles. The quantitative estimate of drug-likeness (QED) is 0.766. The standard InChI is InChI=1S/C15H13BrN2O2/c1-2-12-11(6-7-19-12)14-13(15(17)18-20-14)9-4-3-5-10(16)8-9/h3-8H,2H2,1H3,(H2,17,18). The Labute approximate surface area is 124 Å². The molecule has 0 radical (unpaired) electrons. The second-order valence-electron chi connectivity index (χ2n) is 4.39. The summed E-state index contributed by atoms with van der Waals surface area (Å²) < 4.78 is 11.9. The molecule has 102 valence electrons. The Kier molecular flexibility index (Phi) is 3.36. The molecule has 0 saturated heterocycles. The van der Waals surface area contributed by atoms with Crippen molar-refractivity contribution in [2.45, 2.75) is 13.3 Å². The van der Waals surface area contributed by atoms with E-state index in [1.807, 2.05) is 37.3 Å². The molecule has 0 amide bonds. The van der Waals surface area contributed by atoms with Crippen LogP contribution in [0.15, 0.2) is 50.0 Å². The Morgan fingerprint density at radius 3 is 2.90 bits per heavy atom. The van der Waals surface area contributed by atoms with E-state index in [1.54, 1.807) is 6.26 Å². The van der Waals surface area contributed by atoms with Crippen LogP contribution in [0.4, 0.5) is 5.82 Å². The Morgan fingerprint density at radius 1 is 1.30 bits per heavy atom.